The molecule has 0 fully saturated rings. The minimum atomic E-state index is -4.41. The fourth-order valence-corrected chi connectivity index (χ4v) is 2.54. The molecule has 2 rings (SSSR count). The van der Waals surface area contributed by atoms with Crippen molar-refractivity contribution in [3.05, 3.63) is 52.5 Å². The van der Waals surface area contributed by atoms with E-state index in [0.29, 0.717) is 41.2 Å². The molecule has 0 aliphatic rings. The Kier molecular flexibility index (Phi) is 7.57. The summed E-state index contributed by atoms with van der Waals surface area (Å²) in [6.45, 7) is 6.81. The highest BCUT2D eigenvalue weighted by molar-refractivity contribution is 6.32. The Hall–Kier alpha value is -2.41. The van der Waals surface area contributed by atoms with Gasteiger partial charge in [-0.3, -0.25) is 5.43 Å². The van der Waals surface area contributed by atoms with E-state index in [4.69, 9.17) is 21.1 Å². The maximum Gasteiger partial charge on any atom is 0.416 e. The van der Waals surface area contributed by atoms with Gasteiger partial charge in [0, 0.05) is 0 Å². The predicted octanol–water partition coefficient (Wildman–Crippen LogP) is 6.24. The number of hydrazone groups is 1. The average molecular weight is 415 g/mol. The molecular formula is C20H22ClF3N2O2. The normalized spacial score (nSPS) is 11.9. The second-order valence-corrected chi connectivity index (χ2v) is 6.82. The quantitative estimate of drug-likeness (QED) is 0.410. The molecule has 0 aliphatic carbocycles. The largest absolute Gasteiger partial charge is 0.490 e. The first-order chi connectivity index (χ1) is 13.2. The van der Waals surface area contributed by atoms with Gasteiger partial charge in [-0.05, 0) is 48.7 Å². The van der Waals surface area contributed by atoms with Crippen LogP contribution in [0.15, 0.2) is 41.5 Å². The van der Waals surface area contributed by atoms with Crippen molar-refractivity contribution in [1.82, 2.24) is 0 Å². The average Bonchev–Trinajstić information content (AvgIpc) is 2.60. The molecule has 8 heteroatoms. The number of hydrogen-bond donors (Lipinski definition) is 1. The molecule has 28 heavy (non-hydrogen) atoms. The zero-order chi connectivity index (χ0) is 20.7. The van der Waals surface area contributed by atoms with Gasteiger partial charge in [-0.25, -0.2) is 0 Å². The Morgan fingerprint density at radius 1 is 1.18 bits per heavy atom. The molecule has 0 saturated carbocycles. The van der Waals surface area contributed by atoms with Gasteiger partial charge in [0.15, 0.2) is 11.5 Å². The molecule has 4 nitrogen and oxygen atoms in total. The molecule has 0 heterocycles. The summed E-state index contributed by atoms with van der Waals surface area (Å²) in [5.41, 5.74) is 2.67. The number of nitrogens with one attached hydrogen (secondary N) is 1. The van der Waals surface area contributed by atoms with Crippen molar-refractivity contribution in [2.24, 2.45) is 11.0 Å². The van der Waals surface area contributed by atoms with Crippen LogP contribution in [-0.4, -0.2) is 19.4 Å². The first-order valence-corrected chi connectivity index (χ1v) is 9.14. The van der Waals surface area contributed by atoms with Crippen molar-refractivity contribution < 1.29 is 22.6 Å². The molecule has 0 saturated heterocycles. The molecule has 0 spiro atoms. The summed E-state index contributed by atoms with van der Waals surface area (Å²) in [5.74, 6) is 1.26. The van der Waals surface area contributed by atoms with Gasteiger partial charge in [0.2, 0.25) is 0 Å². The third-order valence-corrected chi connectivity index (χ3v) is 3.77. The first-order valence-electron chi connectivity index (χ1n) is 8.76. The molecule has 0 amide bonds. The number of ether oxygens (including phenoxy) is 2. The minimum absolute atomic E-state index is 0.221. The summed E-state index contributed by atoms with van der Waals surface area (Å²) < 4.78 is 49.6. The van der Waals surface area contributed by atoms with Crippen molar-refractivity contribution in [3.63, 3.8) is 0 Å². The summed E-state index contributed by atoms with van der Waals surface area (Å²) in [5, 5.41) is 4.35. The highest BCUT2D eigenvalue weighted by Crippen LogP contribution is 2.36. The van der Waals surface area contributed by atoms with E-state index in [1.165, 1.54) is 18.3 Å². The molecule has 0 radical (unpaired) electrons. The molecule has 0 bridgehead atoms. The lowest BCUT2D eigenvalue weighted by molar-refractivity contribution is -0.137. The molecule has 2 aromatic rings. The number of nitrogens with zero attached hydrogens (tertiary/aromatic N) is 1. The van der Waals surface area contributed by atoms with Gasteiger partial charge in [-0.15, -0.1) is 0 Å². The van der Waals surface area contributed by atoms with Gasteiger partial charge in [0.1, 0.15) is 0 Å². The van der Waals surface area contributed by atoms with Crippen molar-refractivity contribution in [3.8, 4) is 11.5 Å². The molecule has 0 unspecified atom stereocenters. The van der Waals surface area contributed by atoms with E-state index >= 15 is 0 Å². The van der Waals surface area contributed by atoms with E-state index in [0.717, 1.165) is 12.1 Å². The summed E-state index contributed by atoms with van der Waals surface area (Å²) in [4.78, 5) is 0. The monoisotopic (exact) mass is 414 g/mol. The van der Waals surface area contributed by atoms with Crippen molar-refractivity contribution in [2.75, 3.05) is 18.6 Å². The van der Waals surface area contributed by atoms with Crippen LogP contribution in [0.1, 0.15) is 31.9 Å². The van der Waals surface area contributed by atoms with Crippen LogP contribution in [0, 0.1) is 5.92 Å². The topological polar surface area (TPSA) is 42.8 Å². The molecule has 152 valence electrons. The molecule has 0 aliphatic heterocycles. The first kappa shape index (κ1) is 21.9. The number of halogens is 4. The fraction of sp³-hybridized carbons (Fsp3) is 0.350. The van der Waals surface area contributed by atoms with Crippen molar-refractivity contribution >= 4 is 23.5 Å². The van der Waals surface area contributed by atoms with Crippen LogP contribution in [0.25, 0.3) is 0 Å². The van der Waals surface area contributed by atoms with E-state index in [9.17, 15) is 13.2 Å². The van der Waals surface area contributed by atoms with E-state index in [1.807, 2.05) is 20.8 Å². The summed E-state index contributed by atoms with van der Waals surface area (Å²) in [7, 11) is 0. The Morgan fingerprint density at radius 2 is 1.93 bits per heavy atom. The van der Waals surface area contributed by atoms with Gasteiger partial charge in [-0.2, -0.15) is 18.3 Å². The predicted molar refractivity (Wildman–Crippen MR) is 106 cm³/mol. The molecule has 1 N–H and O–H groups in total. The van der Waals surface area contributed by atoms with Crippen molar-refractivity contribution in [1.29, 1.82) is 0 Å². The highest BCUT2D eigenvalue weighted by Gasteiger charge is 2.30. The van der Waals surface area contributed by atoms with Crippen LogP contribution in [0.5, 0.6) is 11.5 Å². The zero-order valence-electron chi connectivity index (χ0n) is 15.8. The molecule has 0 atom stereocenters. The lowest BCUT2D eigenvalue weighted by Crippen LogP contribution is -2.07. The van der Waals surface area contributed by atoms with Crippen LogP contribution in [0.4, 0.5) is 18.9 Å². The van der Waals surface area contributed by atoms with Gasteiger partial charge >= 0.3 is 6.18 Å². The van der Waals surface area contributed by atoms with Crippen LogP contribution in [-0.2, 0) is 6.18 Å². The molecular weight excluding hydrogens is 393 g/mol. The van der Waals surface area contributed by atoms with Crippen LogP contribution in [0.3, 0.4) is 0 Å². The maximum atomic E-state index is 12.8. The van der Waals surface area contributed by atoms with E-state index < -0.39 is 11.7 Å². The van der Waals surface area contributed by atoms with E-state index in [-0.39, 0.29) is 5.69 Å². The van der Waals surface area contributed by atoms with E-state index in [2.05, 4.69) is 10.5 Å². The lowest BCUT2D eigenvalue weighted by Gasteiger charge is -2.15. The third-order valence-electron chi connectivity index (χ3n) is 3.49. The third kappa shape index (κ3) is 6.34. The number of hydrogen-bond acceptors (Lipinski definition) is 4. The number of alkyl halides is 3. The Labute approximate surface area is 167 Å². The van der Waals surface area contributed by atoms with Crippen molar-refractivity contribution in [2.45, 2.75) is 26.9 Å². The van der Waals surface area contributed by atoms with Gasteiger partial charge in [-0.1, -0.05) is 31.5 Å². The minimum Gasteiger partial charge on any atom is -0.490 e. The number of anilines is 1. The van der Waals surface area contributed by atoms with Gasteiger partial charge < -0.3 is 9.47 Å². The van der Waals surface area contributed by atoms with E-state index in [1.54, 1.807) is 12.1 Å². The van der Waals surface area contributed by atoms with Crippen LogP contribution in [0.2, 0.25) is 5.02 Å². The number of rotatable bonds is 8. The van der Waals surface area contributed by atoms with Gasteiger partial charge in [0.05, 0.1) is 35.7 Å². The lowest BCUT2D eigenvalue weighted by atomic mass is 10.2. The Morgan fingerprint density at radius 3 is 2.57 bits per heavy atom. The smallest absolute Gasteiger partial charge is 0.416 e. The second-order valence-electron chi connectivity index (χ2n) is 6.42. The standard InChI is InChI=1S/C20H22ClF3N2O2/c1-4-27-18-9-14(8-17(21)19(18)28-12-13(2)3)11-25-26-16-7-5-6-15(10-16)20(22,23)24/h5-11,13,26H,4,12H2,1-3H3. The maximum absolute atomic E-state index is 12.8. The number of benzene rings is 2. The van der Waals surface area contributed by atoms with Crippen LogP contribution >= 0.6 is 11.6 Å². The van der Waals surface area contributed by atoms with Crippen LogP contribution < -0.4 is 14.9 Å². The molecule has 2 aromatic carbocycles. The highest BCUT2D eigenvalue weighted by atomic mass is 35.5. The summed E-state index contributed by atoms with van der Waals surface area (Å²) in [6, 6.07) is 8.15. The molecule has 0 aromatic heterocycles. The summed E-state index contributed by atoms with van der Waals surface area (Å²) in [6.07, 6.45) is -2.96. The Balaban J connectivity index is 2.17. The second kappa shape index (κ2) is 9.68. The fourth-order valence-electron chi connectivity index (χ4n) is 2.26. The summed E-state index contributed by atoms with van der Waals surface area (Å²) >= 11 is 6.31. The zero-order valence-corrected chi connectivity index (χ0v) is 16.6. The van der Waals surface area contributed by atoms with Gasteiger partial charge in [0.25, 0.3) is 0 Å². The SMILES string of the molecule is CCOc1cc(C=NNc2cccc(C(F)(F)F)c2)cc(Cl)c1OCC(C)C. The Bertz CT molecular complexity index is 824.